The molecule has 5 nitrogen and oxygen atoms in total. The van der Waals surface area contributed by atoms with E-state index < -0.39 is 0 Å². The van der Waals surface area contributed by atoms with Crippen LogP contribution in [-0.4, -0.2) is 48.2 Å². The largest absolute Gasteiger partial charge is 0.474 e. The summed E-state index contributed by atoms with van der Waals surface area (Å²) in [6, 6.07) is 5.47. The normalized spacial score (nSPS) is 18.8. The molecule has 2 heterocycles. The van der Waals surface area contributed by atoms with Crippen LogP contribution in [0.25, 0.3) is 0 Å². The van der Waals surface area contributed by atoms with Crippen LogP contribution in [0.4, 0.5) is 0 Å². The zero-order valence-corrected chi connectivity index (χ0v) is 11.4. The highest BCUT2D eigenvalue weighted by Gasteiger charge is 2.27. The fourth-order valence-electron chi connectivity index (χ4n) is 2.29. The van der Waals surface area contributed by atoms with E-state index in [1.807, 2.05) is 25.1 Å². The molecule has 0 radical (unpaired) electrons. The van der Waals surface area contributed by atoms with Gasteiger partial charge in [-0.2, -0.15) is 0 Å². The predicted octanol–water partition coefficient (Wildman–Crippen LogP) is 1.49. The Labute approximate surface area is 113 Å². The molecule has 0 amide bonds. The number of nitrogens with zero attached hydrogens (tertiary/aromatic N) is 2. The van der Waals surface area contributed by atoms with E-state index >= 15 is 0 Å². The van der Waals surface area contributed by atoms with E-state index in [2.05, 4.69) is 9.88 Å². The molecule has 1 aliphatic rings. The van der Waals surface area contributed by atoms with E-state index in [-0.39, 0.29) is 18.1 Å². The standard InChI is InChI=1S/C14H20N2O3/c1-11(14(17)18-2)16-9-6-12(7-10-16)19-13-5-3-4-8-15-13/h3-5,8,11-12H,6-7,9-10H2,1-2H3/t11-/m1/s1. The molecule has 1 atom stereocenters. The lowest BCUT2D eigenvalue weighted by molar-refractivity contribution is -0.147. The monoisotopic (exact) mass is 264 g/mol. The summed E-state index contributed by atoms with van der Waals surface area (Å²) in [5.41, 5.74) is 0. The van der Waals surface area contributed by atoms with Crippen LogP contribution in [0.1, 0.15) is 19.8 Å². The number of carbonyl (C=O) groups excluding carboxylic acids is 1. The molecule has 0 unspecified atom stereocenters. The van der Waals surface area contributed by atoms with Crippen molar-refractivity contribution in [1.29, 1.82) is 0 Å². The lowest BCUT2D eigenvalue weighted by Crippen LogP contribution is -2.46. The Hall–Kier alpha value is -1.62. The summed E-state index contributed by atoms with van der Waals surface area (Å²) in [6.45, 7) is 3.56. The predicted molar refractivity (Wildman–Crippen MR) is 70.9 cm³/mol. The zero-order valence-electron chi connectivity index (χ0n) is 11.4. The number of pyridine rings is 1. The van der Waals surface area contributed by atoms with Crippen molar-refractivity contribution in [3.63, 3.8) is 0 Å². The number of hydrogen-bond acceptors (Lipinski definition) is 5. The molecule has 0 aliphatic carbocycles. The van der Waals surface area contributed by atoms with Gasteiger partial charge in [0.1, 0.15) is 12.1 Å². The van der Waals surface area contributed by atoms with Crippen LogP contribution >= 0.6 is 0 Å². The van der Waals surface area contributed by atoms with E-state index in [1.165, 1.54) is 7.11 Å². The molecule has 0 saturated carbocycles. The molecule has 2 rings (SSSR count). The Morgan fingerprint density at radius 2 is 2.16 bits per heavy atom. The van der Waals surface area contributed by atoms with Gasteiger partial charge in [-0.3, -0.25) is 9.69 Å². The number of likely N-dealkylation sites (tertiary alicyclic amines) is 1. The number of aromatic nitrogens is 1. The van der Waals surface area contributed by atoms with Gasteiger partial charge in [0.25, 0.3) is 0 Å². The quantitative estimate of drug-likeness (QED) is 0.771. The maximum atomic E-state index is 11.5. The number of methoxy groups -OCH3 is 1. The summed E-state index contributed by atoms with van der Waals surface area (Å²) >= 11 is 0. The molecule has 0 N–H and O–H groups in total. The lowest BCUT2D eigenvalue weighted by atomic mass is 10.1. The second kappa shape index (κ2) is 6.52. The van der Waals surface area contributed by atoms with E-state index in [1.54, 1.807) is 6.20 Å². The average Bonchev–Trinajstić information content (AvgIpc) is 2.47. The van der Waals surface area contributed by atoms with Crippen molar-refractivity contribution in [3.8, 4) is 5.88 Å². The van der Waals surface area contributed by atoms with E-state index in [0.29, 0.717) is 5.88 Å². The summed E-state index contributed by atoms with van der Waals surface area (Å²) in [5, 5.41) is 0. The van der Waals surface area contributed by atoms with Gasteiger partial charge in [0.2, 0.25) is 5.88 Å². The summed E-state index contributed by atoms with van der Waals surface area (Å²) in [5.74, 6) is 0.492. The van der Waals surface area contributed by atoms with Crippen LogP contribution in [0, 0.1) is 0 Å². The zero-order chi connectivity index (χ0) is 13.7. The van der Waals surface area contributed by atoms with Crippen LogP contribution in [0.15, 0.2) is 24.4 Å². The molecule has 1 aromatic heterocycles. The van der Waals surface area contributed by atoms with Crippen LogP contribution in [0.3, 0.4) is 0 Å². The summed E-state index contributed by atoms with van der Waals surface area (Å²) < 4.78 is 10.6. The minimum atomic E-state index is -0.180. The van der Waals surface area contributed by atoms with Crippen molar-refractivity contribution >= 4 is 5.97 Å². The van der Waals surface area contributed by atoms with Crippen molar-refractivity contribution in [3.05, 3.63) is 24.4 Å². The molecule has 104 valence electrons. The van der Waals surface area contributed by atoms with E-state index in [4.69, 9.17) is 9.47 Å². The third kappa shape index (κ3) is 3.67. The maximum absolute atomic E-state index is 11.5. The molecule has 0 bridgehead atoms. The van der Waals surface area contributed by atoms with Crippen LogP contribution in [0.2, 0.25) is 0 Å². The number of rotatable bonds is 4. The molecule has 1 aliphatic heterocycles. The van der Waals surface area contributed by atoms with Crippen molar-refractivity contribution in [2.45, 2.75) is 31.9 Å². The number of carbonyl (C=O) groups is 1. The highest BCUT2D eigenvalue weighted by molar-refractivity contribution is 5.75. The second-order valence-electron chi connectivity index (χ2n) is 4.72. The molecule has 1 saturated heterocycles. The first-order valence-electron chi connectivity index (χ1n) is 6.60. The summed E-state index contributed by atoms with van der Waals surface area (Å²) in [4.78, 5) is 17.8. The van der Waals surface area contributed by atoms with Gasteiger partial charge >= 0.3 is 5.97 Å². The first-order valence-corrected chi connectivity index (χ1v) is 6.60. The highest BCUT2D eigenvalue weighted by atomic mass is 16.5. The average molecular weight is 264 g/mol. The fourth-order valence-corrected chi connectivity index (χ4v) is 2.29. The Morgan fingerprint density at radius 3 is 2.74 bits per heavy atom. The molecule has 19 heavy (non-hydrogen) atoms. The van der Waals surface area contributed by atoms with Gasteiger partial charge in [0.15, 0.2) is 0 Å². The van der Waals surface area contributed by atoms with Gasteiger partial charge in [0.05, 0.1) is 7.11 Å². The van der Waals surface area contributed by atoms with Crippen LogP contribution in [-0.2, 0) is 9.53 Å². The van der Waals surface area contributed by atoms with Gasteiger partial charge in [-0.25, -0.2) is 4.98 Å². The third-order valence-corrected chi connectivity index (χ3v) is 3.49. The number of esters is 1. The molecule has 0 spiro atoms. The summed E-state index contributed by atoms with van der Waals surface area (Å²) in [6.07, 6.45) is 3.70. The minimum Gasteiger partial charge on any atom is -0.474 e. The number of hydrogen-bond donors (Lipinski definition) is 0. The van der Waals surface area contributed by atoms with Gasteiger partial charge < -0.3 is 9.47 Å². The maximum Gasteiger partial charge on any atom is 0.322 e. The molecule has 0 aromatic carbocycles. The molecule has 1 fully saturated rings. The third-order valence-electron chi connectivity index (χ3n) is 3.49. The van der Waals surface area contributed by atoms with Gasteiger partial charge in [-0.05, 0) is 25.8 Å². The summed E-state index contributed by atoms with van der Waals surface area (Å²) in [7, 11) is 1.43. The molecule has 1 aromatic rings. The molecule has 5 heteroatoms. The van der Waals surface area contributed by atoms with Crippen LogP contribution < -0.4 is 4.74 Å². The highest BCUT2D eigenvalue weighted by Crippen LogP contribution is 2.18. The Balaban J connectivity index is 1.81. The van der Waals surface area contributed by atoms with Gasteiger partial charge in [0, 0.05) is 25.4 Å². The Kier molecular flexibility index (Phi) is 4.74. The minimum absolute atomic E-state index is 0.177. The van der Waals surface area contributed by atoms with Crippen LogP contribution in [0.5, 0.6) is 5.88 Å². The topological polar surface area (TPSA) is 51.7 Å². The van der Waals surface area contributed by atoms with Gasteiger partial charge in [-0.1, -0.05) is 6.07 Å². The van der Waals surface area contributed by atoms with Crippen molar-refractivity contribution < 1.29 is 14.3 Å². The first kappa shape index (κ1) is 13.8. The van der Waals surface area contributed by atoms with E-state index in [9.17, 15) is 4.79 Å². The smallest absolute Gasteiger partial charge is 0.322 e. The lowest BCUT2D eigenvalue weighted by Gasteiger charge is -2.34. The van der Waals surface area contributed by atoms with Crippen molar-refractivity contribution in [2.24, 2.45) is 0 Å². The number of piperidine rings is 1. The number of ether oxygens (including phenoxy) is 2. The Morgan fingerprint density at radius 1 is 1.42 bits per heavy atom. The fraction of sp³-hybridized carbons (Fsp3) is 0.571. The SMILES string of the molecule is COC(=O)[C@@H](C)N1CCC(Oc2ccccn2)CC1. The van der Waals surface area contributed by atoms with E-state index in [0.717, 1.165) is 25.9 Å². The van der Waals surface area contributed by atoms with Crippen molar-refractivity contribution in [1.82, 2.24) is 9.88 Å². The first-order chi connectivity index (χ1) is 9.20. The molecular weight excluding hydrogens is 244 g/mol. The Bertz CT molecular complexity index is 402. The van der Waals surface area contributed by atoms with Gasteiger partial charge in [-0.15, -0.1) is 0 Å². The second-order valence-corrected chi connectivity index (χ2v) is 4.72. The van der Waals surface area contributed by atoms with Crippen molar-refractivity contribution in [2.75, 3.05) is 20.2 Å². The molecular formula is C14H20N2O3.